The number of ether oxygens (including phenoxy) is 2. The monoisotopic (exact) mass is 665 g/mol. The van der Waals surface area contributed by atoms with Crippen molar-refractivity contribution < 1.29 is 14.0 Å². The quantitative estimate of drug-likeness (QED) is 0.216. The second-order valence-corrected chi connectivity index (χ2v) is 15.8. The smallest absolute Gasteiger partial charge is 0.229 e. The van der Waals surface area contributed by atoms with Crippen molar-refractivity contribution in [2.24, 2.45) is 7.05 Å². The number of nitrogens with one attached hydrogen (secondary N) is 2. The number of rotatable bonds is 8. The summed E-state index contributed by atoms with van der Waals surface area (Å²) >= 11 is 3.60. The highest BCUT2D eigenvalue weighted by Gasteiger charge is 2.27. The van der Waals surface area contributed by atoms with Crippen LogP contribution in [0.3, 0.4) is 0 Å². The Morgan fingerprint density at radius 3 is 2.37 bits per heavy atom. The third kappa shape index (κ3) is 6.16. The van der Waals surface area contributed by atoms with E-state index in [0.29, 0.717) is 22.0 Å². The molecule has 1 saturated heterocycles. The zero-order valence-corrected chi connectivity index (χ0v) is 27.8. The van der Waals surface area contributed by atoms with Gasteiger partial charge in [0.2, 0.25) is 5.95 Å². The molecular formula is C31H37BrN7O3P. The van der Waals surface area contributed by atoms with Crippen molar-refractivity contribution in [1.82, 2.24) is 19.7 Å². The van der Waals surface area contributed by atoms with Crippen LogP contribution in [0.4, 0.5) is 28.8 Å². The van der Waals surface area contributed by atoms with Crippen LogP contribution in [-0.2, 0) is 29.2 Å². The lowest BCUT2D eigenvalue weighted by Gasteiger charge is -2.38. The van der Waals surface area contributed by atoms with Gasteiger partial charge < -0.3 is 29.6 Å². The maximum absolute atomic E-state index is 13.2. The summed E-state index contributed by atoms with van der Waals surface area (Å²) in [6.07, 6.45) is 7.84. The van der Waals surface area contributed by atoms with Gasteiger partial charge in [-0.15, -0.1) is 0 Å². The molecule has 2 atom stereocenters. The minimum atomic E-state index is -2.53. The average molecular weight is 667 g/mol. The fourth-order valence-corrected chi connectivity index (χ4v) is 7.26. The maximum atomic E-state index is 13.2. The number of aryl methyl sites for hydroxylation is 3. The van der Waals surface area contributed by atoms with Gasteiger partial charge in [0.1, 0.15) is 18.7 Å². The van der Waals surface area contributed by atoms with Gasteiger partial charge in [0, 0.05) is 60.7 Å². The molecule has 3 heterocycles. The predicted octanol–water partition coefficient (Wildman–Crippen LogP) is 6.10. The molecule has 1 fully saturated rings. The Bertz CT molecular complexity index is 1730. The van der Waals surface area contributed by atoms with Crippen LogP contribution in [0.15, 0.2) is 47.3 Å². The molecule has 0 radical (unpaired) electrons. The van der Waals surface area contributed by atoms with Gasteiger partial charge in [-0.25, -0.2) is 4.98 Å². The first kappa shape index (κ1) is 29.7. The van der Waals surface area contributed by atoms with Crippen LogP contribution in [0.2, 0.25) is 0 Å². The van der Waals surface area contributed by atoms with Gasteiger partial charge in [-0.1, -0.05) is 0 Å². The molecule has 0 amide bonds. The zero-order chi connectivity index (χ0) is 30.5. The summed E-state index contributed by atoms with van der Waals surface area (Å²) in [5.74, 6) is 1.63. The van der Waals surface area contributed by atoms with E-state index in [1.807, 2.05) is 19.4 Å². The number of nitrogens with zero attached hydrogens (tertiary/aromatic N) is 5. The highest BCUT2D eigenvalue weighted by atomic mass is 79.9. The molecule has 4 aromatic rings. The summed E-state index contributed by atoms with van der Waals surface area (Å²) in [6, 6.07) is 8.30. The van der Waals surface area contributed by atoms with Crippen molar-refractivity contribution in [2.45, 2.75) is 38.9 Å². The molecule has 43 heavy (non-hydrogen) atoms. The van der Waals surface area contributed by atoms with Gasteiger partial charge in [0.15, 0.2) is 0 Å². The van der Waals surface area contributed by atoms with Crippen LogP contribution in [-0.4, -0.2) is 65.5 Å². The summed E-state index contributed by atoms with van der Waals surface area (Å²) in [5.41, 5.74) is 7.14. The van der Waals surface area contributed by atoms with Crippen LogP contribution in [0.5, 0.6) is 5.75 Å². The molecule has 2 aliphatic rings. The standard InChI is InChI=1S/C31H37BrN7O3P/c1-18-15-39(16-19(2)42-18)27-12-28(41-4)25(11-23(27)22-13-34-38(3)17-22)36-31-33-14-24(32)30(37-31)35-26-9-20-7-8-21(20)10-29(26)43(5,6)40/h9-14,17-19H,7-8,15-16H2,1-6H3,(H2,33,35,36,37). The molecule has 0 saturated carbocycles. The van der Waals surface area contributed by atoms with Crippen molar-refractivity contribution in [3.63, 3.8) is 0 Å². The lowest BCUT2D eigenvalue weighted by molar-refractivity contribution is -0.00519. The summed E-state index contributed by atoms with van der Waals surface area (Å²) in [6.45, 7) is 9.33. The molecule has 1 aliphatic heterocycles. The van der Waals surface area contributed by atoms with E-state index >= 15 is 0 Å². The molecule has 2 aromatic carbocycles. The van der Waals surface area contributed by atoms with Crippen molar-refractivity contribution in [3.8, 4) is 16.9 Å². The minimum absolute atomic E-state index is 0.104. The molecule has 1 aliphatic carbocycles. The molecule has 2 aromatic heterocycles. The van der Waals surface area contributed by atoms with E-state index < -0.39 is 7.14 Å². The van der Waals surface area contributed by atoms with E-state index in [1.165, 1.54) is 11.1 Å². The lowest BCUT2D eigenvalue weighted by atomic mass is 9.88. The van der Waals surface area contributed by atoms with E-state index in [1.54, 1.807) is 31.3 Å². The lowest BCUT2D eigenvalue weighted by Crippen LogP contribution is -2.45. The van der Waals surface area contributed by atoms with Crippen LogP contribution in [0.25, 0.3) is 11.1 Å². The molecule has 12 heteroatoms. The van der Waals surface area contributed by atoms with Crippen molar-refractivity contribution in [3.05, 3.63) is 58.5 Å². The van der Waals surface area contributed by atoms with E-state index in [0.717, 1.165) is 59.4 Å². The number of halogens is 1. The normalized spacial score (nSPS) is 18.2. The second-order valence-electron chi connectivity index (χ2n) is 11.8. The van der Waals surface area contributed by atoms with Crippen molar-refractivity contribution in [1.29, 1.82) is 0 Å². The van der Waals surface area contributed by atoms with Crippen molar-refractivity contribution >= 4 is 57.2 Å². The van der Waals surface area contributed by atoms with E-state index in [2.05, 4.69) is 79.7 Å². The second kappa shape index (κ2) is 11.6. The molecule has 2 N–H and O–H groups in total. The van der Waals surface area contributed by atoms with Crippen LogP contribution in [0.1, 0.15) is 25.0 Å². The van der Waals surface area contributed by atoms with E-state index in [-0.39, 0.29) is 12.2 Å². The number of fused-ring (bicyclic) bond motifs is 1. The highest BCUT2D eigenvalue weighted by Crippen LogP contribution is 2.43. The minimum Gasteiger partial charge on any atom is -0.494 e. The molecule has 0 bridgehead atoms. The zero-order valence-electron chi connectivity index (χ0n) is 25.3. The Morgan fingerprint density at radius 2 is 1.74 bits per heavy atom. The molecule has 0 spiro atoms. The van der Waals surface area contributed by atoms with Crippen LogP contribution >= 0.6 is 23.1 Å². The number of hydrogen-bond acceptors (Lipinski definition) is 9. The number of benzene rings is 2. The molecular weight excluding hydrogens is 629 g/mol. The number of aromatic nitrogens is 4. The Kier molecular flexibility index (Phi) is 8.00. The van der Waals surface area contributed by atoms with Crippen LogP contribution in [0, 0.1) is 0 Å². The van der Waals surface area contributed by atoms with E-state index in [4.69, 9.17) is 14.5 Å². The Hall–Kier alpha value is -3.40. The van der Waals surface area contributed by atoms with Crippen molar-refractivity contribution in [2.75, 3.05) is 49.1 Å². The maximum Gasteiger partial charge on any atom is 0.229 e. The van der Waals surface area contributed by atoms with Gasteiger partial charge in [0.25, 0.3) is 0 Å². The Labute approximate surface area is 260 Å². The largest absolute Gasteiger partial charge is 0.494 e. The fourth-order valence-electron chi connectivity index (χ4n) is 5.81. The van der Waals surface area contributed by atoms with Gasteiger partial charge in [0.05, 0.1) is 41.4 Å². The SMILES string of the molecule is COc1cc(N2CC(C)OC(C)C2)c(-c2cnn(C)c2)cc1Nc1ncc(Br)c(Nc2cc3c(cc2P(C)(C)=O)CC3)n1. The first-order valence-electron chi connectivity index (χ1n) is 14.4. The Balaban J connectivity index is 1.37. The number of methoxy groups -OCH3 is 1. The first-order chi connectivity index (χ1) is 20.5. The third-order valence-electron chi connectivity index (χ3n) is 7.90. The van der Waals surface area contributed by atoms with Crippen LogP contribution < -0.4 is 25.6 Å². The summed E-state index contributed by atoms with van der Waals surface area (Å²) in [7, 11) is 1.05. The number of anilines is 5. The topological polar surface area (TPSA) is 106 Å². The average Bonchev–Trinajstić information content (AvgIpc) is 3.36. The van der Waals surface area contributed by atoms with Gasteiger partial charge in [-0.3, -0.25) is 4.68 Å². The summed E-state index contributed by atoms with van der Waals surface area (Å²) in [5, 5.41) is 12.1. The fraction of sp³-hybridized carbons (Fsp3) is 0.387. The van der Waals surface area contributed by atoms with E-state index in [9.17, 15) is 4.57 Å². The third-order valence-corrected chi connectivity index (χ3v) is 10.0. The molecule has 2 unspecified atom stereocenters. The Morgan fingerprint density at radius 1 is 1.02 bits per heavy atom. The predicted molar refractivity (Wildman–Crippen MR) is 177 cm³/mol. The van der Waals surface area contributed by atoms with Gasteiger partial charge in [-0.05, 0) is 85.3 Å². The number of hydrogen-bond donors (Lipinski definition) is 2. The van der Waals surface area contributed by atoms with Gasteiger partial charge in [-0.2, -0.15) is 10.1 Å². The molecule has 226 valence electrons. The number of morpholine rings is 1. The molecule has 6 rings (SSSR count). The highest BCUT2D eigenvalue weighted by molar-refractivity contribution is 9.10. The first-order valence-corrected chi connectivity index (χ1v) is 17.8. The molecule has 10 nitrogen and oxygen atoms in total. The van der Waals surface area contributed by atoms with Gasteiger partial charge >= 0.3 is 0 Å². The summed E-state index contributed by atoms with van der Waals surface area (Å²) < 4.78 is 27.6. The summed E-state index contributed by atoms with van der Waals surface area (Å²) in [4.78, 5) is 11.7.